The van der Waals surface area contributed by atoms with Gasteiger partial charge in [-0.1, -0.05) is 0 Å². The standard InChI is InChI=1S/C9H6ClF2IN2/c10-3-7-5(1-2-14)8(9(11)12)6(13)4-15-7/h4,9H,1,3H2. The molecule has 0 aliphatic carbocycles. The summed E-state index contributed by atoms with van der Waals surface area (Å²) in [5.41, 5.74) is 0.492. The van der Waals surface area contributed by atoms with E-state index < -0.39 is 6.43 Å². The first-order chi connectivity index (χ1) is 7.11. The molecule has 0 atom stereocenters. The van der Waals surface area contributed by atoms with E-state index in [-0.39, 0.29) is 23.4 Å². The number of hydrogen-bond acceptors (Lipinski definition) is 2. The fraction of sp³-hybridized carbons (Fsp3) is 0.333. The van der Waals surface area contributed by atoms with Gasteiger partial charge in [0.25, 0.3) is 6.43 Å². The van der Waals surface area contributed by atoms with E-state index in [0.29, 0.717) is 9.26 Å². The smallest absolute Gasteiger partial charge is 0.259 e. The van der Waals surface area contributed by atoms with E-state index >= 15 is 0 Å². The van der Waals surface area contributed by atoms with Gasteiger partial charge in [-0.25, -0.2) is 8.78 Å². The minimum Gasteiger partial charge on any atom is -0.259 e. The first-order valence-corrected chi connectivity index (χ1v) is 5.60. The lowest BCUT2D eigenvalue weighted by Crippen LogP contribution is -2.04. The summed E-state index contributed by atoms with van der Waals surface area (Å²) in [6, 6.07) is 1.85. The topological polar surface area (TPSA) is 36.7 Å². The molecule has 1 aromatic heterocycles. The SMILES string of the molecule is N#CCc1c(CCl)ncc(I)c1C(F)F. The summed E-state index contributed by atoms with van der Waals surface area (Å²) in [6.07, 6.45) is -1.35. The number of hydrogen-bond donors (Lipinski definition) is 0. The Morgan fingerprint density at radius 2 is 2.27 bits per heavy atom. The molecule has 0 saturated carbocycles. The van der Waals surface area contributed by atoms with E-state index in [1.807, 2.05) is 6.07 Å². The molecule has 0 fully saturated rings. The lowest BCUT2D eigenvalue weighted by molar-refractivity contribution is 0.149. The number of nitrogens with zero attached hydrogens (tertiary/aromatic N) is 2. The van der Waals surface area contributed by atoms with Crippen LogP contribution in [0, 0.1) is 14.9 Å². The van der Waals surface area contributed by atoms with Crippen LogP contribution in [0.3, 0.4) is 0 Å². The van der Waals surface area contributed by atoms with E-state index in [2.05, 4.69) is 4.98 Å². The molecule has 0 unspecified atom stereocenters. The quantitative estimate of drug-likeness (QED) is 0.623. The molecule has 0 aliphatic heterocycles. The maximum atomic E-state index is 12.7. The van der Waals surface area contributed by atoms with Crippen molar-refractivity contribution in [2.24, 2.45) is 0 Å². The molecule has 1 aromatic rings. The van der Waals surface area contributed by atoms with Gasteiger partial charge < -0.3 is 0 Å². The van der Waals surface area contributed by atoms with Gasteiger partial charge in [0.1, 0.15) is 0 Å². The Hall–Kier alpha value is -0.480. The Bertz CT molecular complexity index is 404. The summed E-state index contributed by atoms with van der Waals surface area (Å²) in [4.78, 5) is 3.93. The van der Waals surface area contributed by atoms with Crippen LogP contribution in [0.2, 0.25) is 0 Å². The third-order valence-corrected chi connectivity index (χ3v) is 2.98. The highest BCUT2D eigenvalue weighted by Gasteiger charge is 2.20. The first kappa shape index (κ1) is 12.6. The van der Waals surface area contributed by atoms with Crippen molar-refractivity contribution in [3.8, 4) is 6.07 Å². The molecular weight excluding hydrogens is 336 g/mol. The maximum absolute atomic E-state index is 12.7. The number of rotatable bonds is 3. The van der Waals surface area contributed by atoms with Crippen molar-refractivity contribution in [3.05, 3.63) is 26.6 Å². The van der Waals surface area contributed by atoms with Gasteiger partial charge in [-0.2, -0.15) is 5.26 Å². The van der Waals surface area contributed by atoms with Crippen LogP contribution in [-0.2, 0) is 12.3 Å². The third-order valence-electron chi connectivity index (χ3n) is 1.87. The van der Waals surface area contributed by atoms with Gasteiger partial charge in [-0.05, 0) is 28.2 Å². The molecule has 0 radical (unpaired) electrons. The number of nitriles is 1. The molecular formula is C9H6ClF2IN2. The summed E-state index contributed by atoms with van der Waals surface area (Å²) >= 11 is 7.36. The molecule has 0 saturated heterocycles. The maximum Gasteiger partial charge on any atom is 0.265 e. The predicted molar refractivity (Wildman–Crippen MR) is 60.8 cm³/mol. The number of halogens is 4. The fourth-order valence-electron chi connectivity index (χ4n) is 1.21. The van der Waals surface area contributed by atoms with Crippen molar-refractivity contribution in [1.29, 1.82) is 5.26 Å². The number of alkyl halides is 3. The molecule has 2 nitrogen and oxygen atoms in total. The Morgan fingerprint density at radius 3 is 2.73 bits per heavy atom. The van der Waals surface area contributed by atoms with Crippen molar-refractivity contribution < 1.29 is 8.78 Å². The molecule has 0 aromatic carbocycles. The van der Waals surface area contributed by atoms with Crippen LogP contribution in [0.25, 0.3) is 0 Å². The number of pyridine rings is 1. The van der Waals surface area contributed by atoms with Crippen LogP contribution in [0.5, 0.6) is 0 Å². The van der Waals surface area contributed by atoms with E-state index in [4.69, 9.17) is 16.9 Å². The summed E-state index contributed by atoms with van der Waals surface area (Å²) < 4.78 is 25.8. The van der Waals surface area contributed by atoms with E-state index in [0.717, 1.165) is 0 Å². The van der Waals surface area contributed by atoms with Gasteiger partial charge in [0.2, 0.25) is 0 Å². The fourth-order valence-corrected chi connectivity index (χ4v) is 2.14. The first-order valence-electron chi connectivity index (χ1n) is 3.99. The van der Waals surface area contributed by atoms with E-state index in [1.165, 1.54) is 6.20 Å². The van der Waals surface area contributed by atoms with Crippen molar-refractivity contribution in [2.75, 3.05) is 0 Å². The second kappa shape index (κ2) is 5.56. The molecule has 1 rings (SSSR count). The van der Waals surface area contributed by atoms with Crippen LogP contribution in [0.15, 0.2) is 6.20 Å². The van der Waals surface area contributed by atoms with Gasteiger partial charge >= 0.3 is 0 Å². The van der Waals surface area contributed by atoms with Gasteiger partial charge in [0, 0.05) is 15.3 Å². The monoisotopic (exact) mass is 342 g/mol. The number of aromatic nitrogens is 1. The van der Waals surface area contributed by atoms with Crippen molar-refractivity contribution in [2.45, 2.75) is 18.7 Å². The minimum absolute atomic E-state index is 0.0354. The Kier molecular flexibility index (Phi) is 4.67. The summed E-state index contributed by atoms with van der Waals surface area (Å²) in [5.74, 6) is 0.0354. The van der Waals surface area contributed by atoms with E-state index in [9.17, 15) is 8.78 Å². The Morgan fingerprint density at radius 1 is 1.60 bits per heavy atom. The third kappa shape index (κ3) is 2.75. The van der Waals surface area contributed by atoms with Crippen molar-refractivity contribution >= 4 is 34.2 Å². The molecule has 0 N–H and O–H groups in total. The van der Waals surface area contributed by atoms with Gasteiger partial charge in [-0.15, -0.1) is 11.6 Å². The van der Waals surface area contributed by atoms with Crippen molar-refractivity contribution in [3.63, 3.8) is 0 Å². The predicted octanol–water partition coefficient (Wildman–Crippen LogP) is 3.43. The van der Waals surface area contributed by atoms with Gasteiger partial charge in [-0.3, -0.25) is 4.98 Å². The van der Waals surface area contributed by atoms with Crippen LogP contribution in [-0.4, -0.2) is 4.98 Å². The summed E-state index contributed by atoms with van der Waals surface area (Å²) in [5, 5.41) is 8.57. The zero-order valence-corrected chi connectivity index (χ0v) is 10.4. The second-order valence-corrected chi connectivity index (χ2v) is 4.14. The van der Waals surface area contributed by atoms with Crippen LogP contribution >= 0.6 is 34.2 Å². The molecule has 15 heavy (non-hydrogen) atoms. The van der Waals surface area contributed by atoms with Crippen molar-refractivity contribution in [1.82, 2.24) is 4.98 Å². The van der Waals surface area contributed by atoms with Crippen LogP contribution in [0.1, 0.15) is 23.2 Å². The molecule has 1 heterocycles. The average molecular weight is 343 g/mol. The van der Waals surface area contributed by atoms with Crippen LogP contribution < -0.4 is 0 Å². The molecule has 80 valence electrons. The largest absolute Gasteiger partial charge is 0.265 e. The lowest BCUT2D eigenvalue weighted by Gasteiger charge is -2.11. The second-order valence-electron chi connectivity index (χ2n) is 2.71. The highest BCUT2D eigenvalue weighted by molar-refractivity contribution is 14.1. The Balaban J connectivity index is 3.38. The lowest BCUT2D eigenvalue weighted by atomic mass is 10.0. The molecule has 0 spiro atoms. The summed E-state index contributed by atoms with van der Waals surface area (Å²) in [7, 11) is 0. The molecule has 0 bridgehead atoms. The Labute approximate surface area is 104 Å². The highest BCUT2D eigenvalue weighted by atomic mass is 127. The van der Waals surface area contributed by atoms with Gasteiger partial charge in [0.05, 0.1) is 24.1 Å². The van der Waals surface area contributed by atoms with Crippen LogP contribution in [0.4, 0.5) is 8.78 Å². The molecule has 0 amide bonds. The molecule has 6 heteroatoms. The summed E-state index contributed by atoms with van der Waals surface area (Å²) in [6.45, 7) is 0. The highest BCUT2D eigenvalue weighted by Crippen LogP contribution is 2.30. The zero-order valence-electron chi connectivity index (χ0n) is 7.48. The average Bonchev–Trinajstić information content (AvgIpc) is 2.18. The minimum atomic E-state index is -2.61. The molecule has 0 aliphatic rings. The zero-order chi connectivity index (χ0) is 11.4. The normalized spacial score (nSPS) is 10.4. The van der Waals surface area contributed by atoms with Gasteiger partial charge in [0.15, 0.2) is 0 Å². The van der Waals surface area contributed by atoms with E-state index in [1.54, 1.807) is 22.6 Å².